The molecule has 162 valence electrons. The number of nitrogens with one attached hydrogen (secondary N) is 2. The van der Waals surface area contributed by atoms with Crippen LogP contribution in [0.5, 0.6) is 0 Å². The Kier molecular flexibility index (Phi) is 6.15. The summed E-state index contributed by atoms with van der Waals surface area (Å²) in [5.74, 6) is -1.39. The van der Waals surface area contributed by atoms with Gasteiger partial charge in [-0.1, -0.05) is 30.3 Å². The maximum Gasteiger partial charge on any atom is 0.263 e. The summed E-state index contributed by atoms with van der Waals surface area (Å²) in [6.07, 6.45) is 2.13. The number of rotatable bonds is 7. The van der Waals surface area contributed by atoms with Crippen molar-refractivity contribution in [3.8, 4) is 0 Å². The molecule has 31 heavy (non-hydrogen) atoms. The molecule has 1 aromatic heterocycles. The predicted molar refractivity (Wildman–Crippen MR) is 113 cm³/mol. The average molecular weight is 445 g/mol. The lowest BCUT2D eigenvalue weighted by atomic mass is 9.95. The number of benzene rings is 2. The van der Waals surface area contributed by atoms with Gasteiger partial charge in [0.15, 0.2) is 11.6 Å². The van der Waals surface area contributed by atoms with E-state index >= 15 is 0 Å². The number of hydrogen-bond acceptors (Lipinski definition) is 5. The number of hydrogen-bond donors (Lipinski definition) is 2. The molecule has 2 unspecified atom stereocenters. The van der Waals surface area contributed by atoms with Crippen molar-refractivity contribution in [3.63, 3.8) is 0 Å². The second kappa shape index (κ2) is 8.99. The van der Waals surface area contributed by atoms with Crippen LogP contribution in [-0.2, 0) is 14.8 Å². The lowest BCUT2D eigenvalue weighted by molar-refractivity contribution is 0.0933. The molecule has 4 rings (SSSR count). The first-order valence-corrected chi connectivity index (χ1v) is 11.2. The van der Waals surface area contributed by atoms with Gasteiger partial charge in [0.1, 0.15) is 10.7 Å². The summed E-state index contributed by atoms with van der Waals surface area (Å²) < 4.78 is 59.4. The van der Waals surface area contributed by atoms with Gasteiger partial charge < -0.3 is 10.1 Å². The van der Waals surface area contributed by atoms with Crippen molar-refractivity contribution in [2.75, 3.05) is 23.2 Å². The Bertz CT molecular complexity index is 1140. The molecule has 2 atom stereocenters. The van der Waals surface area contributed by atoms with Crippen LogP contribution >= 0.6 is 0 Å². The molecule has 2 aromatic carbocycles. The van der Waals surface area contributed by atoms with Gasteiger partial charge in [-0.25, -0.2) is 22.2 Å². The van der Waals surface area contributed by atoms with Crippen molar-refractivity contribution in [2.45, 2.75) is 17.4 Å². The minimum absolute atomic E-state index is 0.00801. The average Bonchev–Trinajstić information content (AvgIpc) is 3.24. The maximum atomic E-state index is 13.3. The van der Waals surface area contributed by atoms with Crippen molar-refractivity contribution >= 4 is 21.5 Å². The van der Waals surface area contributed by atoms with Crippen LogP contribution in [0.3, 0.4) is 0 Å². The highest BCUT2D eigenvalue weighted by molar-refractivity contribution is 7.92. The summed E-state index contributed by atoms with van der Waals surface area (Å²) in [6.45, 7) is 1.32. The van der Waals surface area contributed by atoms with Crippen LogP contribution in [0.4, 0.5) is 20.3 Å². The van der Waals surface area contributed by atoms with Crippen molar-refractivity contribution in [1.82, 2.24) is 4.98 Å². The van der Waals surface area contributed by atoms with Gasteiger partial charge in [0.2, 0.25) is 0 Å². The quantitative estimate of drug-likeness (QED) is 0.565. The summed E-state index contributed by atoms with van der Waals surface area (Å²) in [5, 5.41) is 3.23. The molecular formula is C22H21F2N3O3S. The van der Waals surface area contributed by atoms with Crippen molar-refractivity contribution < 1.29 is 21.9 Å². The van der Waals surface area contributed by atoms with E-state index in [4.69, 9.17) is 4.74 Å². The van der Waals surface area contributed by atoms with E-state index in [-0.39, 0.29) is 22.6 Å². The molecule has 0 radical (unpaired) electrons. The monoisotopic (exact) mass is 445 g/mol. The number of aromatic nitrogens is 1. The molecule has 0 bridgehead atoms. The zero-order chi connectivity index (χ0) is 21.8. The molecule has 0 amide bonds. The molecule has 1 aliphatic rings. The van der Waals surface area contributed by atoms with Crippen LogP contribution in [0, 0.1) is 17.6 Å². The molecule has 9 heteroatoms. The maximum absolute atomic E-state index is 13.3. The van der Waals surface area contributed by atoms with Gasteiger partial charge in [0, 0.05) is 31.3 Å². The van der Waals surface area contributed by atoms with Gasteiger partial charge >= 0.3 is 0 Å². The van der Waals surface area contributed by atoms with E-state index in [0.29, 0.717) is 19.0 Å². The minimum Gasteiger partial charge on any atom is -0.373 e. The molecule has 2 heterocycles. The molecule has 1 aliphatic heterocycles. The zero-order valence-electron chi connectivity index (χ0n) is 16.5. The van der Waals surface area contributed by atoms with Gasteiger partial charge in [-0.05, 0) is 36.2 Å². The Morgan fingerprint density at radius 1 is 1.03 bits per heavy atom. The summed E-state index contributed by atoms with van der Waals surface area (Å²) in [4.78, 5) is 4.08. The largest absolute Gasteiger partial charge is 0.373 e. The van der Waals surface area contributed by atoms with Crippen LogP contribution < -0.4 is 10.0 Å². The van der Waals surface area contributed by atoms with E-state index < -0.39 is 21.7 Å². The fourth-order valence-electron chi connectivity index (χ4n) is 3.51. The number of sulfonamides is 1. The van der Waals surface area contributed by atoms with Crippen LogP contribution in [0.15, 0.2) is 71.8 Å². The molecule has 0 saturated carbocycles. The van der Waals surface area contributed by atoms with Crippen molar-refractivity contribution in [1.29, 1.82) is 0 Å². The molecule has 2 N–H and O–H groups in total. The van der Waals surface area contributed by atoms with Crippen LogP contribution in [0.25, 0.3) is 0 Å². The Hall–Kier alpha value is -3.04. The highest BCUT2D eigenvalue weighted by Gasteiger charge is 2.29. The molecule has 1 saturated heterocycles. The number of halogens is 2. The first-order chi connectivity index (χ1) is 14.9. The van der Waals surface area contributed by atoms with Crippen LogP contribution in [0.1, 0.15) is 18.1 Å². The van der Waals surface area contributed by atoms with E-state index in [1.165, 1.54) is 12.3 Å². The highest BCUT2D eigenvalue weighted by atomic mass is 32.2. The van der Waals surface area contributed by atoms with Gasteiger partial charge in [0.05, 0.1) is 11.8 Å². The number of ether oxygens (including phenoxy) is 1. The molecule has 1 fully saturated rings. The van der Waals surface area contributed by atoms with E-state index in [9.17, 15) is 17.2 Å². The second-order valence-electron chi connectivity index (χ2n) is 7.25. The van der Waals surface area contributed by atoms with E-state index in [0.717, 1.165) is 30.2 Å². The van der Waals surface area contributed by atoms with Gasteiger partial charge in [-0.3, -0.25) is 4.72 Å². The molecule has 3 aromatic rings. The summed E-state index contributed by atoms with van der Waals surface area (Å²) in [5.41, 5.74) is 1.05. The van der Waals surface area contributed by atoms with Crippen molar-refractivity contribution in [2.24, 2.45) is 5.92 Å². The Balaban J connectivity index is 1.39. The zero-order valence-corrected chi connectivity index (χ0v) is 17.3. The fraction of sp³-hybridized carbons (Fsp3) is 0.227. The van der Waals surface area contributed by atoms with Crippen LogP contribution in [-0.4, -0.2) is 26.6 Å². The molecular weight excluding hydrogens is 424 g/mol. The normalized spacial score (nSPS) is 18.6. The van der Waals surface area contributed by atoms with E-state index in [1.807, 2.05) is 30.3 Å². The predicted octanol–water partition coefficient (Wildman–Crippen LogP) is 4.35. The lowest BCUT2D eigenvalue weighted by Crippen LogP contribution is -2.18. The number of nitrogens with zero attached hydrogens (tertiary/aromatic N) is 1. The molecule has 0 spiro atoms. The Morgan fingerprint density at radius 3 is 2.55 bits per heavy atom. The third kappa shape index (κ3) is 5.00. The second-order valence-corrected chi connectivity index (χ2v) is 8.93. The smallest absolute Gasteiger partial charge is 0.263 e. The van der Waals surface area contributed by atoms with Crippen molar-refractivity contribution in [3.05, 3.63) is 84.1 Å². The van der Waals surface area contributed by atoms with Crippen LogP contribution in [0.2, 0.25) is 0 Å². The third-order valence-electron chi connectivity index (χ3n) is 5.11. The molecule has 6 nitrogen and oxygen atoms in total. The summed E-state index contributed by atoms with van der Waals surface area (Å²) >= 11 is 0. The first-order valence-electron chi connectivity index (χ1n) is 9.77. The fourth-order valence-corrected chi connectivity index (χ4v) is 4.50. The van der Waals surface area contributed by atoms with Gasteiger partial charge in [0.25, 0.3) is 10.0 Å². The Labute approximate surface area is 179 Å². The third-order valence-corrected chi connectivity index (χ3v) is 6.47. The van der Waals surface area contributed by atoms with E-state index in [2.05, 4.69) is 15.0 Å². The minimum atomic E-state index is -3.98. The first kappa shape index (κ1) is 21.2. The molecule has 0 aliphatic carbocycles. The number of anilines is 2. The summed E-state index contributed by atoms with van der Waals surface area (Å²) in [6, 6.07) is 15.8. The Morgan fingerprint density at radius 2 is 1.84 bits per heavy atom. The van der Waals surface area contributed by atoms with Gasteiger partial charge in [-0.2, -0.15) is 0 Å². The van der Waals surface area contributed by atoms with Gasteiger partial charge in [-0.15, -0.1) is 0 Å². The summed E-state index contributed by atoms with van der Waals surface area (Å²) in [7, 11) is -3.98. The SMILES string of the molecule is O=S(=O)(Nc1ccc(F)c(F)c1)c1ccc(NCC2CCOC2c2ccccc2)nc1. The standard InChI is InChI=1S/C22H21F2N3O3S/c23-19-8-6-17(12-20(19)24)27-31(28,29)18-7-9-21(26-14-18)25-13-16-10-11-30-22(16)15-4-2-1-3-5-15/h1-9,12,14,16,22,27H,10-11,13H2,(H,25,26). The highest BCUT2D eigenvalue weighted by Crippen LogP contribution is 2.34. The van der Waals surface area contributed by atoms with E-state index in [1.54, 1.807) is 6.07 Å². The topological polar surface area (TPSA) is 80.3 Å². The number of pyridine rings is 1. The lowest BCUT2D eigenvalue weighted by Gasteiger charge is -2.19.